The first-order valence-corrected chi connectivity index (χ1v) is 6.85. The zero-order valence-electron chi connectivity index (χ0n) is 12.1. The van der Waals surface area contributed by atoms with Crippen molar-refractivity contribution in [3.63, 3.8) is 0 Å². The van der Waals surface area contributed by atoms with Crippen LogP contribution in [0.1, 0.15) is 51.8 Å². The van der Waals surface area contributed by atoms with E-state index in [4.69, 9.17) is 5.11 Å². The van der Waals surface area contributed by atoms with Crippen LogP contribution in [-0.4, -0.2) is 27.1 Å². The molecule has 1 aliphatic rings. The fourth-order valence-corrected chi connectivity index (χ4v) is 2.03. The average molecular weight is 279 g/mol. The summed E-state index contributed by atoms with van der Waals surface area (Å²) < 4.78 is 0. The predicted octanol–water partition coefficient (Wildman–Crippen LogP) is 1.95. The highest BCUT2D eigenvalue weighted by atomic mass is 16.4. The molecule has 0 spiro atoms. The number of carboxylic acids is 1. The molecule has 6 heteroatoms. The maximum atomic E-state index is 11.6. The SMILES string of the molecule is CC(C)(C)C(CC(=O)O)Nc1cc(=O)[nH]c(C2CC2)n1. The summed E-state index contributed by atoms with van der Waals surface area (Å²) in [6, 6.07) is 1.09. The summed E-state index contributed by atoms with van der Waals surface area (Å²) in [5, 5.41) is 12.1. The molecule has 1 saturated carbocycles. The molecule has 6 nitrogen and oxygen atoms in total. The Bertz CT molecular complexity index is 556. The fourth-order valence-electron chi connectivity index (χ4n) is 2.03. The van der Waals surface area contributed by atoms with Gasteiger partial charge in [-0.15, -0.1) is 0 Å². The third-order valence-electron chi connectivity index (χ3n) is 3.47. The van der Waals surface area contributed by atoms with Crippen LogP contribution in [0, 0.1) is 5.41 Å². The number of aliphatic carboxylic acids is 1. The molecule has 0 bridgehead atoms. The Balaban J connectivity index is 2.21. The summed E-state index contributed by atoms with van der Waals surface area (Å²) in [5.41, 5.74) is -0.449. The van der Waals surface area contributed by atoms with E-state index in [0.29, 0.717) is 17.6 Å². The Morgan fingerprint density at radius 2 is 2.20 bits per heavy atom. The fraction of sp³-hybridized carbons (Fsp3) is 0.643. The molecular formula is C14H21N3O3. The van der Waals surface area contributed by atoms with E-state index in [1.54, 1.807) is 0 Å². The number of aromatic amines is 1. The lowest BCUT2D eigenvalue weighted by Gasteiger charge is -2.30. The number of nitrogens with one attached hydrogen (secondary N) is 2. The van der Waals surface area contributed by atoms with Crippen LogP contribution in [0.25, 0.3) is 0 Å². The Morgan fingerprint density at radius 1 is 1.55 bits per heavy atom. The molecule has 0 aromatic carbocycles. The van der Waals surface area contributed by atoms with Gasteiger partial charge in [0, 0.05) is 18.0 Å². The molecule has 0 aliphatic heterocycles. The molecule has 0 radical (unpaired) electrons. The maximum Gasteiger partial charge on any atom is 0.305 e. The lowest BCUT2D eigenvalue weighted by Crippen LogP contribution is -2.36. The van der Waals surface area contributed by atoms with Crippen molar-refractivity contribution < 1.29 is 9.90 Å². The number of carbonyl (C=O) groups is 1. The van der Waals surface area contributed by atoms with Gasteiger partial charge in [-0.05, 0) is 18.3 Å². The molecule has 2 rings (SSSR count). The average Bonchev–Trinajstić information content (AvgIpc) is 3.08. The lowest BCUT2D eigenvalue weighted by atomic mass is 9.85. The third-order valence-corrected chi connectivity index (χ3v) is 3.47. The van der Waals surface area contributed by atoms with Gasteiger partial charge in [0.2, 0.25) is 0 Å². The molecule has 1 fully saturated rings. The molecule has 0 saturated heterocycles. The van der Waals surface area contributed by atoms with Crippen LogP contribution in [-0.2, 0) is 4.79 Å². The van der Waals surface area contributed by atoms with E-state index in [9.17, 15) is 9.59 Å². The van der Waals surface area contributed by atoms with Gasteiger partial charge in [0.25, 0.3) is 5.56 Å². The minimum atomic E-state index is -0.871. The first-order valence-electron chi connectivity index (χ1n) is 6.85. The zero-order valence-corrected chi connectivity index (χ0v) is 12.1. The van der Waals surface area contributed by atoms with Crippen molar-refractivity contribution in [2.45, 2.75) is 52.0 Å². The van der Waals surface area contributed by atoms with Gasteiger partial charge in [-0.2, -0.15) is 0 Å². The molecule has 1 atom stereocenters. The van der Waals surface area contributed by atoms with Crippen molar-refractivity contribution in [3.8, 4) is 0 Å². The van der Waals surface area contributed by atoms with Crippen molar-refractivity contribution in [2.24, 2.45) is 5.41 Å². The normalized spacial score (nSPS) is 16.8. The first kappa shape index (κ1) is 14.6. The first-order chi connectivity index (χ1) is 9.25. The van der Waals surface area contributed by atoms with Crippen LogP contribution in [0.5, 0.6) is 0 Å². The van der Waals surface area contributed by atoms with Gasteiger partial charge >= 0.3 is 5.97 Å². The summed E-state index contributed by atoms with van der Waals surface area (Å²) >= 11 is 0. The van der Waals surface area contributed by atoms with Crippen molar-refractivity contribution in [2.75, 3.05) is 5.32 Å². The van der Waals surface area contributed by atoms with Gasteiger partial charge in [-0.3, -0.25) is 9.59 Å². The van der Waals surface area contributed by atoms with Crippen LogP contribution in [0.15, 0.2) is 10.9 Å². The summed E-state index contributed by atoms with van der Waals surface area (Å²) in [6.45, 7) is 5.88. The number of hydrogen-bond donors (Lipinski definition) is 3. The number of anilines is 1. The molecule has 110 valence electrons. The second-order valence-electron chi connectivity index (χ2n) is 6.45. The Kier molecular flexibility index (Phi) is 3.83. The van der Waals surface area contributed by atoms with Gasteiger partial charge in [0.1, 0.15) is 11.6 Å². The molecular weight excluding hydrogens is 258 g/mol. The number of rotatable bonds is 5. The zero-order chi connectivity index (χ0) is 14.9. The van der Waals surface area contributed by atoms with Crippen molar-refractivity contribution in [1.82, 2.24) is 9.97 Å². The standard InChI is InChI=1S/C14H21N3O3/c1-14(2,3)9(6-12(19)20)15-10-7-11(18)17-13(16-10)8-4-5-8/h7-9H,4-6H2,1-3H3,(H,19,20)(H2,15,16,17,18). The second-order valence-corrected chi connectivity index (χ2v) is 6.45. The summed E-state index contributed by atoms with van der Waals surface area (Å²) in [4.78, 5) is 29.8. The van der Waals surface area contributed by atoms with Gasteiger partial charge in [-0.25, -0.2) is 4.98 Å². The van der Waals surface area contributed by atoms with Crippen LogP contribution in [0.3, 0.4) is 0 Å². The molecule has 3 N–H and O–H groups in total. The van der Waals surface area contributed by atoms with E-state index in [1.807, 2.05) is 20.8 Å². The van der Waals surface area contributed by atoms with E-state index in [-0.39, 0.29) is 23.4 Å². The van der Waals surface area contributed by atoms with Crippen molar-refractivity contribution in [1.29, 1.82) is 0 Å². The number of hydrogen-bond acceptors (Lipinski definition) is 4. The van der Waals surface area contributed by atoms with Crippen LogP contribution in [0.4, 0.5) is 5.82 Å². The van der Waals surface area contributed by atoms with E-state index >= 15 is 0 Å². The summed E-state index contributed by atoms with van der Waals surface area (Å²) in [5.74, 6) is 0.626. The highest BCUT2D eigenvalue weighted by molar-refractivity contribution is 5.68. The highest BCUT2D eigenvalue weighted by Gasteiger charge is 2.29. The molecule has 0 amide bonds. The monoisotopic (exact) mass is 279 g/mol. The van der Waals surface area contributed by atoms with Gasteiger partial charge in [0.05, 0.1) is 6.42 Å². The Morgan fingerprint density at radius 3 is 2.70 bits per heavy atom. The topological polar surface area (TPSA) is 95.1 Å². The Hall–Kier alpha value is -1.85. The van der Waals surface area contributed by atoms with Gasteiger partial charge < -0.3 is 15.4 Å². The van der Waals surface area contributed by atoms with Gasteiger partial charge in [0.15, 0.2) is 0 Å². The summed E-state index contributed by atoms with van der Waals surface area (Å²) in [6.07, 6.45) is 2.07. The molecule has 1 unspecified atom stereocenters. The van der Waals surface area contributed by atoms with Crippen LogP contribution < -0.4 is 10.9 Å². The molecule has 1 heterocycles. The molecule has 1 aromatic heterocycles. The number of nitrogens with zero attached hydrogens (tertiary/aromatic N) is 1. The van der Waals surface area contributed by atoms with E-state index in [1.165, 1.54) is 6.07 Å². The molecule has 1 aromatic rings. The number of aromatic nitrogens is 2. The smallest absolute Gasteiger partial charge is 0.305 e. The minimum Gasteiger partial charge on any atom is -0.481 e. The molecule has 1 aliphatic carbocycles. The lowest BCUT2D eigenvalue weighted by molar-refractivity contribution is -0.137. The quantitative estimate of drug-likeness (QED) is 0.765. The number of carboxylic acid groups (broad SMARTS) is 1. The highest BCUT2D eigenvalue weighted by Crippen LogP contribution is 2.37. The van der Waals surface area contributed by atoms with Crippen molar-refractivity contribution >= 4 is 11.8 Å². The van der Waals surface area contributed by atoms with E-state index < -0.39 is 5.97 Å². The second kappa shape index (κ2) is 5.26. The third kappa shape index (κ3) is 3.82. The largest absolute Gasteiger partial charge is 0.481 e. The maximum absolute atomic E-state index is 11.6. The summed E-state index contributed by atoms with van der Waals surface area (Å²) in [7, 11) is 0. The van der Waals surface area contributed by atoms with Crippen LogP contribution >= 0.6 is 0 Å². The predicted molar refractivity (Wildman–Crippen MR) is 76.0 cm³/mol. The van der Waals surface area contributed by atoms with E-state index in [2.05, 4.69) is 15.3 Å². The van der Waals surface area contributed by atoms with E-state index in [0.717, 1.165) is 12.8 Å². The molecule has 20 heavy (non-hydrogen) atoms. The van der Waals surface area contributed by atoms with Crippen LogP contribution in [0.2, 0.25) is 0 Å². The van der Waals surface area contributed by atoms with Crippen molar-refractivity contribution in [3.05, 3.63) is 22.2 Å². The number of H-pyrrole nitrogens is 1. The Labute approximate surface area is 117 Å². The minimum absolute atomic E-state index is 0.0171. The van der Waals surface area contributed by atoms with Gasteiger partial charge in [-0.1, -0.05) is 20.8 Å².